The fraction of sp³-hybridized carbons (Fsp3) is 0.667. The van der Waals surface area contributed by atoms with E-state index >= 15 is 0 Å². The molecule has 2 rings (SSSR count). The quantitative estimate of drug-likeness (QED) is 0.867. The monoisotopic (exact) mass is 325 g/mol. The first kappa shape index (κ1) is 16.9. The zero-order valence-electron chi connectivity index (χ0n) is 13.3. The van der Waals surface area contributed by atoms with Crippen LogP contribution >= 0.6 is 11.3 Å². The molecule has 1 saturated heterocycles. The molecule has 1 aliphatic rings. The Morgan fingerprint density at radius 1 is 1.45 bits per heavy atom. The van der Waals surface area contributed by atoms with Gasteiger partial charge in [0.15, 0.2) is 5.13 Å². The van der Waals surface area contributed by atoms with Crippen LogP contribution in [0.25, 0.3) is 0 Å². The second-order valence-electron chi connectivity index (χ2n) is 6.46. The molecule has 1 aromatic heterocycles. The van der Waals surface area contributed by atoms with Crippen LogP contribution in [0.4, 0.5) is 5.13 Å². The van der Waals surface area contributed by atoms with E-state index in [0.717, 1.165) is 19.4 Å². The maximum absolute atomic E-state index is 11.9. The Kier molecular flexibility index (Phi) is 5.52. The molecule has 2 N–H and O–H groups in total. The van der Waals surface area contributed by atoms with Crippen molar-refractivity contribution in [1.82, 2.24) is 10.3 Å². The summed E-state index contributed by atoms with van der Waals surface area (Å²) in [5.41, 5.74) is 0.198. The molecule has 2 amide bonds. The SMILES string of the molecule is CC(C)(C)C(=O)Nc1nc(CC(=O)NCC2CCCO2)cs1. The molecule has 1 unspecified atom stereocenters. The lowest BCUT2D eigenvalue weighted by molar-refractivity contribution is -0.123. The highest BCUT2D eigenvalue weighted by Gasteiger charge is 2.22. The van der Waals surface area contributed by atoms with E-state index in [2.05, 4.69) is 15.6 Å². The number of thiazole rings is 1. The third-order valence-corrected chi connectivity index (χ3v) is 4.15. The lowest BCUT2D eigenvalue weighted by atomic mass is 9.96. The molecule has 0 saturated carbocycles. The molecule has 7 heteroatoms. The minimum absolute atomic E-state index is 0.0745. The molecule has 122 valence electrons. The van der Waals surface area contributed by atoms with E-state index in [9.17, 15) is 9.59 Å². The van der Waals surface area contributed by atoms with Gasteiger partial charge < -0.3 is 15.4 Å². The van der Waals surface area contributed by atoms with Gasteiger partial charge in [-0.1, -0.05) is 20.8 Å². The second-order valence-corrected chi connectivity index (χ2v) is 7.32. The predicted molar refractivity (Wildman–Crippen MR) is 85.9 cm³/mol. The molecule has 1 aromatic rings. The molecule has 1 atom stereocenters. The summed E-state index contributed by atoms with van der Waals surface area (Å²) in [6.45, 7) is 6.86. The van der Waals surface area contributed by atoms with Gasteiger partial charge in [-0.25, -0.2) is 4.98 Å². The average molecular weight is 325 g/mol. The van der Waals surface area contributed by atoms with Gasteiger partial charge in [0.1, 0.15) is 0 Å². The van der Waals surface area contributed by atoms with Crippen molar-refractivity contribution < 1.29 is 14.3 Å². The standard InChI is InChI=1S/C15H23N3O3S/c1-15(2,3)13(20)18-14-17-10(9-22-14)7-12(19)16-8-11-5-4-6-21-11/h9,11H,4-8H2,1-3H3,(H,16,19)(H,17,18,20). The molecule has 6 nitrogen and oxygen atoms in total. The molecular formula is C15H23N3O3S. The first-order valence-electron chi connectivity index (χ1n) is 7.49. The van der Waals surface area contributed by atoms with E-state index in [1.807, 2.05) is 20.8 Å². The van der Waals surface area contributed by atoms with Crippen LogP contribution in [-0.4, -0.2) is 36.1 Å². The van der Waals surface area contributed by atoms with Crippen LogP contribution in [-0.2, 0) is 20.7 Å². The van der Waals surface area contributed by atoms with Crippen LogP contribution in [0.1, 0.15) is 39.3 Å². The summed E-state index contributed by atoms with van der Waals surface area (Å²) in [4.78, 5) is 28.0. The molecule has 1 fully saturated rings. The third kappa shape index (κ3) is 5.06. The summed E-state index contributed by atoms with van der Waals surface area (Å²) in [7, 11) is 0. The smallest absolute Gasteiger partial charge is 0.231 e. The lowest BCUT2D eigenvalue weighted by Crippen LogP contribution is -2.32. The molecule has 0 radical (unpaired) electrons. The Hall–Kier alpha value is -1.47. The molecule has 2 heterocycles. The number of carbonyl (C=O) groups excluding carboxylic acids is 2. The molecule has 0 aromatic carbocycles. The Bertz CT molecular complexity index is 530. The predicted octanol–water partition coefficient (Wildman–Crippen LogP) is 1.97. The first-order valence-corrected chi connectivity index (χ1v) is 8.37. The number of ether oxygens (including phenoxy) is 1. The van der Waals surface area contributed by atoms with E-state index in [-0.39, 0.29) is 24.3 Å². The fourth-order valence-corrected chi connectivity index (χ4v) is 2.70. The Balaban J connectivity index is 1.78. The molecule has 22 heavy (non-hydrogen) atoms. The van der Waals surface area contributed by atoms with Crippen LogP contribution in [0.3, 0.4) is 0 Å². The number of hydrogen-bond acceptors (Lipinski definition) is 5. The lowest BCUT2D eigenvalue weighted by Gasteiger charge is -2.15. The fourth-order valence-electron chi connectivity index (χ4n) is 1.99. The number of anilines is 1. The Labute approximate surface area is 134 Å². The van der Waals surface area contributed by atoms with Crippen molar-refractivity contribution in [2.75, 3.05) is 18.5 Å². The number of nitrogens with one attached hydrogen (secondary N) is 2. The van der Waals surface area contributed by atoms with Crippen molar-refractivity contribution in [2.24, 2.45) is 5.41 Å². The zero-order valence-corrected chi connectivity index (χ0v) is 14.1. The van der Waals surface area contributed by atoms with Gasteiger partial charge in [-0.2, -0.15) is 0 Å². The summed E-state index contributed by atoms with van der Waals surface area (Å²) in [5.74, 6) is -0.161. The summed E-state index contributed by atoms with van der Waals surface area (Å²) < 4.78 is 5.46. The van der Waals surface area contributed by atoms with E-state index < -0.39 is 5.41 Å². The Morgan fingerprint density at radius 3 is 2.86 bits per heavy atom. The summed E-state index contributed by atoms with van der Waals surface area (Å²) in [5, 5.41) is 7.95. The van der Waals surface area contributed by atoms with Gasteiger partial charge in [-0.15, -0.1) is 11.3 Å². The minimum atomic E-state index is -0.468. The number of aromatic nitrogens is 1. The van der Waals surface area contributed by atoms with Gasteiger partial charge in [0, 0.05) is 23.9 Å². The summed E-state index contributed by atoms with van der Waals surface area (Å²) in [6.07, 6.45) is 2.42. The van der Waals surface area contributed by atoms with E-state index in [1.54, 1.807) is 5.38 Å². The normalized spacial score (nSPS) is 18.2. The van der Waals surface area contributed by atoms with Crippen LogP contribution in [0.5, 0.6) is 0 Å². The van der Waals surface area contributed by atoms with Crippen molar-refractivity contribution in [3.8, 4) is 0 Å². The molecule has 0 spiro atoms. The highest BCUT2D eigenvalue weighted by Crippen LogP contribution is 2.20. The van der Waals surface area contributed by atoms with E-state index in [1.165, 1.54) is 11.3 Å². The van der Waals surface area contributed by atoms with Gasteiger partial charge in [-0.05, 0) is 12.8 Å². The maximum Gasteiger partial charge on any atom is 0.231 e. The van der Waals surface area contributed by atoms with E-state index in [0.29, 0.717) is 17.4 Å². The van der Waals surface area contributed by atoms with Crippen molar-refractivity contribution in [3.05, 3.63) is 11.1 Å². The first-order chi connectivity index (χ1) is 10.3. The van der Waals surface area contributed by atoms with Crippen LogP contribution in [0.2, 0.25) is 0 Å². The number of nitrogens with zero attached hydrogens (tertiary/aromatic N) is 1. The molecule has 0 bridgehead atoms. The highest BCUT2D eigenvalue weighted by molar-refractivity contribution is 7.13. The van der Waals surface area contributed by atoms with Gasteiger partial charge in [0.2, 0.25) is 11.8 Å². The number of rotatable bonds is 5. The van der Waals surface area contributed by atoms with E-state index in [4.69, 9.17) is 4.74 Å². The van der Waals surface area contributed by atoms with Gasteiger partial charge in [0.05, 0.1) is 18.2 Å². The topological polar surface area (TPSA) is 80.3 Å². The van der Waals surface area contributed by atoms with Crippen molar-refractivity contribution in [3.63, 3.8) is 0 Å². The van der Waals surface area contributed by atoms with Crippen LogP contribution in [0.15, 0.2) is 5.38 Å². The maximum atomic E-state index is 11.9. The number of amides is 2. The molecular weight excluding hydrogens is 302 g/mol. The van der Waals surface area contributed by atoms with Crippen LogP contribution in [0, 0.1) is 5.41 Å². The van der Waals surface area contributed by atoms with Gasteiger partial charge in [0.25, 0.3) is 0 Å². The third-order valence-electron chi connectivity index (χ3n) is 3.35. The molecule has 1 aliphatic heterocycles. The zero-order chi connectivity index (χ0) is 16.2. The van der Waals surface area contributed by atoms with Gasteiger partial charge >= 0.3 is 0 Å². The summed E-state index contributed by atoms with van der Waals surface area (Å²) in [6, 6.07) is 0. The minimum Gasteiger partial charge on any atom is -0.376 e. The average Bonchev–Trinajstić information content (AvgIpc) is 3.07. The highest BCUT2D eigenvalue weighted by atomic mass is 32.1. The largest absolute Gasteiger partial charge is 0.376 e. The Morgan fingerprint density at radius 2 is 2.23 bits per heavy atom. The van der Waals surface area contributed by atoms with Gasteiger partial charge in [-0.3, -0.25) is 9.59 Å². The molecule has 0 aliphatic carbocycles. The van der Waals surface area contributed by atoms with Crippen molar-refractivity contribution in [2.45, 2.75) is 46.1 Å². The summed E-state index contributed by atoms with van der Waals surface area (Å²) >= 11 is 1.33. The second kappa shape index (κ2) is 7.19. The van der Waals surface area contributed by atoms with Crippen LogP contribution < -0.4 is 10.6 Å². The number of carbonyl (C=O) groups is 2. The van der Waals surface area contributed by atoms with Crippen molar-refractivity contribution in [1.29, 1.82) is 0 Å². The van der Waals surface area contributed by atoms with Crippen molar-refractivity contribution >= 4 is 28.3 Å². The number of hydrogen-bond donors (Lipinski definition) is 2.